The van der Waals surface area contributed by atoms with Crippen molar-refractivity contribution in [2.75, 3.05) is 40.0 Å². The molecule has 1 unspecified atom stereocenters. The normalized spacial score (nSPS) is 14.4. The molecule has 0 aromatic heterocycles. The first-order chi connectivity index (χ1) is 16.4. The SMILES string of the molecule is NC(=O)c1cc(N(CCCl)CCCl)cc(N2c3ccccc3NC2c2ccc([N+](=O)[O-])cc2)c1. The maximum Gasteiger partial charge on any atom is 0.269 e. The van der Waals surface area contributed by atoms with Gasteiger partial charge >= 0.3 is 0 Å². The second-order valence-corrected chi connectivity index (χ2v) is 8.51. The fraction of sp³-hybridized carbons (Fsp3) is 0.208. The molecule has 1 heterocycles. The number of benzene rings is 3. The number of rotatable bonds is 9. The molecule has 0 radical (unpaired) electrons. The van der Waals surface area contributed by atoms with Gasteiger partial charge in [-0.05, 0) is 48.0 Å². The number of nitro benzene ring substituents is 1. The smallest absolute Gasteiger partial charge is 0.269 e. The van der Waals surface area contributed by atoms with Crippen molar-refractivity contribution in [3.63, 3.8) is 0 Å². The summed E-state index contributed by atoms with van der Waals surface area (Å²) in [7, 11) is 0. The number of fused-ring (bicyclic) bond motifs is 1. The lowest BCUT2D eigenvalue weighted by molar-refractivity contribution is -0.384. The molecule has 0 saturated carbocycles. The van der Waals surface area contributed by atoms with E-state index in [4.69, 9.17) is 28.9 Å². The van der Waals surface area contributed by atoms with Crippen LogP contribution in [0.25, 0.3) is 0 Å². The third-order valence-corrected chi connectivity index (χ3v) is 6.01. The average Bonchev–Trinajstić information content (AvgIpc) is 3.23. The largest absolute Gasteiger partial charge is 0.369 e. The Kier molecular flexibility index (Phi) is 7.09. The summed E-state index contributed by atoms with van der Waals surface area (Å²) in [6.45, 7) is 1.10. The molecule has 1 amide bonds. The number of carbonyl (C=O) groups is 1. The molecule has 10 heteroatoms. The van der Waals surface area contributed by atoms with Crippen LogP contribution in [-0.2, 0) is 0 Å². The van der Waals surface area contributed by atoms with Crippen LogP contribution in [0.4, 0.5) is 28.4 Å². The second kappa shape index (κ2) is 10.2. The van der Waals surface area contributed by atoms with Crippen molar-refractivity contribution < 1.29 is 9.72 Å². The van der Waals surface area contributed by atoms with Crippen molar-refractivity contribution in [1.29, 1.82) is 0 Å². The van der Waals surface area contributed by atoms with Crippen molar-refractivity contribution in [3.8, 4) is 0 Å². The lowest BCUT2D eigenvalue weighted by atomic mass is 10.1. The number of anilines is 4. The topological polar surface area (TPSA) is 105 Å². The maximum atomic E-state index is 12.2. The number of non-ortho nitro benzene ring substituents is 1. The van der Waals surface area contributed by atoms with Gasteiger partial charge in [0.2, 0.25) is 5.91 Å². The van der Waals surface area contributed by atoms with Crippen molar-refractivity contribution in [2.45, 2.75) is 6.17 Å². The number of primary amides is 1. The molecular weight excluding hydrogens is 477 g/mol. The second-order valence-electron chi connectivity index (χ2n) is 7.75. The van der Waals surface area contributed by atoms with Crippen LogP contribution in [0.5, 0.6) is 0 Å². The Balaban J connectivity index is 1.84. The van der Waals surface area contributed by atoms with E-state index in [0.717, 1.165) is 28.3 Å². The molecule has 0 aliphatic carbocycles. The van der Waals surface area contributed by atoms with Crippen molar-refractivity contribution in [3.05, 3.63) is 88.0 Å². The van der Waals surface area contributed by atoms with Gasteiger partial charge in [-0.3, -0.25) is 14.9 Å². The Morgan fingerprint density at radius 2 is 1.74 bits per heavy atom. The van der Waals surface area contributed by atoms with E-state index in [-0.39, 0.29) is 11.9 Å². The number of nitrogens with two attached hydrogens (primary N) is 1. The first kappa shape index (κ1) is 23.7. The number of nitrogens with one attached hydrogen (secondary N) is 1. The third-order valence-electron chi connectivity index (χ3n) is 5.67. The zero-order chi connectivity index (χ0) is 24.2. The molecule has 3 N–H and O–H groups in total. The Hall–Kier alpha value is -3.49. The summed E-state index contributed by atoms with van der Waals surface area (Å²) in [4.78, 5) is 27.0. The Bertz CT molecular complexity index is 1200. The van der Waals surface area contributed by atoms with E-state index >= 15 is 0 Å². The average molecular weight is 500 g/mol. The molecule has 0 spiro atoms. The van der Waals surface area contributed by atoms with Gasteiger partial charge in [0.25, 0.3) is 5.69 Å². The molecule has 0 fully saturated rings. The predicted octanol–water partition coefficient (Wildman–Crippen LogP) is 5.24. The number of alkyl halides is 2. The van der Waals surface area contributed by atoms with Crippen LogP contribution in [0.3, 0.4) is 0 Å². The van der Waals surface area contributed by atoms with Crippen molar-refractivity contribution in [1.82, 2.24) is 0 Å². The lowest BCUT2D eigenvalue weighted by Crippen LogP contribution is -2.29. The van der Waals surface area contributed by atoms with E-state index in [1.54, 1.807) is 24.3 Å². The van der Waals surface area contributed by atoms with E-state index in [0.29, 0.717) is 30.4 Å². The van der Waals surface area contributed by atoms with Gasteiger partial charge in [-0.2, -0.15) is 0 Å². The molecule has 176 valence electrons. The monoisotopic (exact) mass is 499 g/mol. The van der Waals surface area contributed by atoms with Crippen LogP contribution in [0.1, 0.15) is 22.1 Å². The van der Waals surface area contributed by atoms with Crippen LogP contribution >= 0.6 is 23.2 Å². The maximum absolute atomic E-state index is 12.2. The quantitative estimate of drug-likeness (QED) is 0.237. The zero-order valence-corrected chi connectivity index (χ0v) is 19.7. The summed E-state index contributed by atoms with van der Waals surface area (Å²) in [5.41, 5.74) is 10.2. The first-order valence-electron chi connectivity index (χ1n) is 10.6. The standard InChI is InChI=1S/C24H23Cl2N5O3/c25-9-11-29(12-10-26)19-13-17(23(27)32)14-20(15-19)30-22-4-2-1-3-21(22)28-24(30)16-5-7-18(8-6-16)31(33)34/h1-8,13-15,24,28H,9-12H2,(H2,27,32). The van der Waals surface area contributed by atoms with Crippen LogP contribution in [0, 0.1) is 10.1 Å². The van der Waals surface area contributed by atoms with Gasteiger partial charge in [0.05, 0.1) is 16.3 Å². The van der Waals surface area contributed by atoms with Gasteiger partial charge in [0.1, 0.15) is 6.17 Å². The molecule has 1 aliphatic heterocycles. The molecule has 8 nitrogen and oxygen atoms in total. The zero-order valence-electron chi connectivity index (χ0n) is 18.2. The molecule has 1 aliphatic rings. The summed E-state index contributed by atoms with van der Waals surface area (Å²) in [5.74, 6) is 0.242. The molecule has 3 aromatic rings. The molecule has 34 heavy (non-hydrogen) atoms. The van der Waals surface area contributed by atoms with E-state index in [1.165, 1.54) is 12.1 Å². The number of hydrogen-bond donors (Lipinski definition) is 2. The summed E-state index contributed by atoms with van der Waals surface area (Å²) in [6.07, 6.45) is -0.358. The van der Waals surface area contributed by atoms with Crippen molar-refractivity contribution >= 4 is 57.5 Å². The highest BCUT2D eigenvalue weighted by Gasteiger charge is 2.32. The fourth-order valence-electron chi connectivity index (χ4n) is 4.09. The van der Waals surface area contributed by atoms with Crippen LogP contribution in [0.15, 0.2) is 66.7 Å². The number of carbonyl (C=O) groups excluding carboxylic acids is 1. The van der Waals surface area contributed by atoms with Gasteiger partial charge in [-0.25, -0.2) is 0 Å². The summed E-state index contributed by atoms with van der Waals surface area (Å²) in [5, 5.41) is 14.6. The Labute approximate surface area is 207 Å². The molecule has 3 aromatic carbocycles. The number of nitrogens with zero attached hydrogens (tertiary/aromatic N) is 3. The minimum atomic E-state index is -0.549. The molecule has 4 rings (SSSR count). The van der Waals surface area contributed by atoms with Gasteiger partial charge in [-0.1, -0.05) is 12.1 Å². The minimum absolute atomic E-state index is 0.0154. The first-order valence-corrected chi connectivity index (χ1v) is 11.7. The number of amides is 1. The van der Waals surface area contributed by atoms with E-state index in [1.807, 2.05) is 40.1 Å². The molecule has 0 bridgehead atoms. The fourth-order valence-corrected chi connectivity index (χ4v) is 4.50. The number of hydrogen-bond acceptors (Lipinski definition) is 6. The van der Waals surface area contributed by atoms with Gasteiger partial charge in [-0.15, -0.1) is 23.2 Å². The van der Waals surface area contributed by atoms with Crippen LogP contribution < -0.4 is 20.9 Å². The Morgan fingerprint density at radius 1 is 1.06 bits per heavy atom. The molecule has 0 saturated heterocycles. The summed E-state index contributed by atoms with van der Waals surface area (Å²) >= 11 is 12.0. The van der Waals surface area contributed by atoms with Crippen molar-refractivity contribution in [2.24, 2.45) is 5.73 Å². The molecular formula is C24H23Cl2N5O3. The summed E-state index contributed by atoms with van der Waals surface area (Å²) < 4.78 is 0. The van der Waals surface area contributed by atoms with E-state index in [9.17, 15) is 14.9 Å². The van der Waals surface area contributed by atoms with Crippen LogP contribution in [-0.4, -0.2) is 35.7 Å². The van der Waals surface area contributed by atoms with Gasteiger partial charge < -0.3 is 20.9 Å². The van der Waals surface area contributed by atoms with E-state index < -0.39 is 10.8 Å². The molecule has 1 atom stereocenters. The van der Waals surface area contributed by atoms with Crippen LogP contribution in [0.2, 0.25) is 0 Å². The summed E-state index contributed by atoms with van der Waals surface area (Å²) in [6, 6.07) is 19.6. The third kappa shape index (κ3) is 4.73. The van der Waals surface area contributed by atoms with Gasteiger partial charge in [0.15, 0.2) is 0 Å². The highest BCUT2D eigenvalue weighted by molar-refractivity contribution is 6.18. The Morgan fingerprint density at radius 3 is 2.35 bits per heavy atom. The van der Waals surface area contributed by atoms with Gasteiger partial charge in [0, 0.05) is 53.9 Å². The number of halogens is 2. The highest BCUT2D eigenvalue weighted by atomic mass is 35.5. The lowest BCUT2D eigenvalue weighted by Gasteiger charge is -2.30. The number of nitro groups is 1. The highest BCUT2D eigenvalue weighted by Crippen LogP contribution is 2.46. The van der Waals surface area contributed by atoms with E-state index in [2.05, 4.69) is 5.32 Å². The predicted molar refractivity (Wildman–Crippen MR) is 137 cm³/mol. The number of para-hydroxylation sites is 2. The minimum Gasteiger partial charge on any atom is -0.369 e.